The third kappa shape index (κ3) is 3.63. The third-order valence-corrected chi connectivity index (χ3v) is 4.38. The van der Waals surface area contributed by atoms with Crippen LogP contribution in [0.15, 0.2) is 23.4 Å². The first-order chi connectivity index (χ1) is 10.5. The van der Waals surface area contributed by atoms with Gasteiger partial charge in [-0.1, -0.05) is 11.8 Å². The maximum absolute atomic E-state index is 12.2. The van der Waals surface area contributed by atoms with Crippen LogP contribution in [0.3, 0.4) is 0 Å². The van der Waals surface area contributed by atoms with Gasteiger partial charge in [-0.25, -0.2) is 4.98 Å². The summed E-state index contributed by atoms with van der Waals surface area (Å²) in [5.41, 5.74) is -0.0782. The molecule has 0 aromatic carbocycles. The van der Waals surface area contributed by atoms with Crippen molar-refractivity contribution >= 4 is 29.5 Å². The van der Waals surface area contributed by atoms with Crippen LogP contribution in [0.4, 0.5) is 0 Å². The summed E-state index contributed by atoms with van der Waals surface area (Å²) in [4.78, 5) is 40.3. The van der Waals surface area contributed by atoms with Gasteiger partial charge in [-0.3, -0.25) is 14.5 Å². The smallest absolute Gasteiger partial charge is 0.243 e. The van der Waals surface area contributed by atoms with Crippen molar-refractivity contribution in [2.75, 3.05) is 20.3 Å². The van der Waals surface area contributed by atoms with Crippen molar-refractivity contribution in [3.63, 3.8) is 0 Å². The Morgan fingerprint density at radius 2 is 2.32 bits per heavy atom. The lowest BCUT2D eigenvalue weighted by Gasteiger charge is -2.15. The maximum Gasteiger partial charge on any atom is 0.243 e. The Morgan fingerprint density at radius 1 is 1.55 bits per heavy atom. The van der Waals surface area contributed by atoms with Crippen molar-refractivity contribution < 1.29 is 24.2 Å². The molecule has 1 saturated heterocycles. The average Bonchev–Trinajstić information content (AvgIpc) is 2.75. The number of carbonyl (C=O) groups is 3. The number of ether oxygens (including phenoxy) is 1. The van der Waals surface area contributed by atoms with Gasteiger partial charge in [0.25, 0.3) is 0 Å². The number of pyridine rings is 1. The van der Waals surface area contributed by atoms with Crippen molar-refractivity contribution in [1.82, 2.24) is 9.88 Å². The number of imide groups is 1. The normalized spacial score (nSPS) is 18.0. The quantitative estimate of drug-likeness (QED) is 0.502. The first-order valence-corrected chi connectivity index (χ1v) is 7.58. The number of rotatable bonds is 7. The second-order valence-electron chi connectivity index (χ2n) is 4.68. The van der Waals surface area contributed by atoms with E-state index in [-0.39, 0.29) is 28.8 Å². The van der Waals surface area contributed by atoms with Crippen LogP contribution < -0.4 is 5.11 Å². The van der Waals surface area contributed by atoms with Gasteiger partial charge in [0, 0.05) is 38.4 Å². The van der Waals surface area contributed by atoms with Gasteiger partial charge >= 0.3 is 0 Å². The van der Waals surface area contributed by atoms with Crippen LogP contribution in [0.25, 0.3) is 0 Å². The van der Waals surface area contributed by atoms with Gasteiger partial charge in [-0.2, -0.15) is 0 Å². The number of carboxylic acids is 1. The van der Waals surface area contributed by atoms with Gasteiger partial charge in [0.1, 0.15) is 5.03 Å². The predicted octanol–water partition coefficient (Wildman–Crippen LogP) is -0.299. The molecule has 2 heterocycles. The van der Waals surface area contributed by atoms with Gasteiger partial charge < -0.3 is 14.6 Å². The van der Waals surface area contributed by atoms with Gasteiger partial charge in [0.05, 0.1) is 11.2 Å². The molecule has 0 radical (unpaired) electrons. The number of thioether (sulfide) groups is 1. The number of aromatic carboxylic acids is 1. The van der Waals surface area contributed by atoms with Crippen molar-refractivity contribution in [1.29, 1.82) is 0 Å². The van der Waals surface area contributed by atoms with E-state index in [2.05, 4.69) is 4.98 Å². The van der Waals surface area contributed by atoms with Crippen LogP contribution in [-0.4, -0.2) is 53.2 Å². The van der Waals surface area contributed by atoms with E-state index in [1.807, 2.05) is 0 Å². The van der Waals surface area contributed by atoms with Crippen LogP contribution in [0.1, 0.15) is 23.2 Å². The summed E-state index contributed by atoms with van der Waals surface area (Å²) in [6.45, 7) is 0.766. The van der Waals surface area contributed by atoms with Crippen LogP contribution >= 0.6 is 11.8 Å². The Balaban J connectivity index is 2.07. The van der Waals surface area contributed by atoms with Crippen molar-refractivity contribution in [3.8, 4) is 0 Å². The molecule has 1 atom stereocenters. The van der Waals surface area contributed by atoms with Crippen molar-refractivity contribution in [3.05, 3.63) is 23.9 Å². The van der Waals surface area contributed by atoms with E-state index < -0.39 is 11.2 Å². The lowest BCUT2D eigenvalue weighted by atomic mass is 10.3. The van der Waals surface area contributed by atoms with Crippen LogP contribution in [0.2, 0.25) is 0 Å². The Bertz CT molecular complexity index is 592. The first kappa shape index (κ1) is 16.4. The number of aromatic nitrogens is 1. The summed E-state index contributed by atoms with van der Waals surface area (Å²) < 4.78 is 4.90. The van der Waals surface area contributed by atoms with E-state index in [1.54, 1.807) is 7.11 Å². The summed E-state index contributed by atoms with van der Waals surface area (Å²) in [7, 11) is 1.55. The maximum atomic E-state index is 12.2. The molecule has 1 aromatic heterocycles. The number of methoxy groups -OCH3 is 1. The zero-order chi connectivity index (χ0) is 16.1. The van der Waals surface area contributed by atoms with Crippen molar-refractivity contribution in [2.45, 2.75) is 23.1 Å². The Kier molecular flexibility index (Phi) is 5.51. The fourth-order valence-electron chi connectivity index (χ4n) is 2.12. The SMILES string of the molecule is COCCCN1C(=O)C[C@H](Sc2ncccc2C(=O)[O-])C1=O. The summed E-state index contributed by atoms with van der Waals surface area (Å²) in [5.74, 6) is -1.94. The summed E-state index contributed by atoms with van der Waals surface area (Å²) in [6, 6.07) is 2.84. The monoisotopic (exact) mass is 323 g/mol. The summed E-state index contributed by atoms with van der Waals surface area (Å²) in [5, 5.41) is 10.6. The predicted molar refractivity (Wildman–Crippen MR) is 76.0 cm³/mol. The molecule has 0 saturated carbocycles. The van der Waals surface area contributed by atoms with Crippen LogP contribution in [0, 0.1) is 0 Å². The number of nitrogens with zero attached hydrogens (tertiary/aromatic N) is 2. The Hall–Kier alpha value is -1.93. The van der Waals surface area contributed by atoms with Gasteiger partial charge in [0.2, 0.25) is 11.8 Å². The number of carboxylic acid groups (broad SMARTS) is 1. The highest BCUT2D eigenvalue weighted by Gasteiger charge is 2.39. The Labute approximate surface area is 131 Å². The minimum Gasteiger partial charge on any atom is -0.545 e. The lowest BCUT2D eigenvalue weighted by Crippen LogP contribution is -2.32. The van der Waals surface area contributed by atoms with Gasteiger partial charge in [-0.15, -0.1) is 0 Å². The number of hydrogen-bond donors (Lipinski definition) is 0. The van der Waals surface area contributed by atoms with E-state index in [9.17, 15) is 19.5 Å². The van der Waals surface area contributed by atoms with E-state index in [1.165, 1.54) is 23.2 Å². The van der Waals surface area contributed by atoms with Crippen LogP contribution in [0.5, 0.6) is 0 Å². The molecule has 1 aliphatic heterocycles. The molecule has 118 valence electrons. The highest BCUT2D eigenvalue weighted by Crippen LogP contribution is 2.32. The molecule has 0 aliphatic carbocycles. The largest absolute Gasteiger partial charge is 0.545 e. The highest BCUT2D eigenvalue weighted by atomic mass is 32.2. The lowest BCUT2D eigenvalue weighted by molar-refractivity contribution is -0.255. The van der Waals surface area contributed by atoms with Crippen molar-refractivity contribution in [2.24, 2.45) is 0 Å². The molecular formula is C14H15N2O5S-. The van der Waals surface area contributed by atoms with Gasteiger partial charge in [0.15, 0.2) is 0 Å². The first-order valence-electron chi connectivity index (χ1n) is 6.70. The average molecular weight is 323 g/mol. The van der Waals surface area contributed by atoms with E-state index in [4.69, 9.17) is 4.74 Å². The molecule has 0 N–H and O–H groups in total. The molecule has 0 bridgehead atoms. The van der Waals surface area contributed by atoms with E-state index >= 15 is 0 Å². The minimum absolute atomic E-state index is 0.0412. The highest BCUT2D eigenvalue weighted by molar-refractivity contribution is 8.00. The Morgan fingerprint density at radius 3 is 3.00 bits per heavy atom. The molecule has 1 aromatic rings. The molecule has 2 amide bonds. The molecule has 22 heavy (non-hydrogen) atoms. The van der Waals surface area contributed by atoms with E-state index in [0.29, 0.717) is 19.6 Å². The zero-order valence-corrected chi connectivity index (χ0v) is 12.8. The van der Waals surface area contributed by atoms with Gasteiger partial charge in [-0.05, 0) is 18.6 Å². The fourth-order valence-corrected chi connectivity index (χ4v) is 3.25. The molecule has 1 aliphatic rings. The second-order valence-corrected chi connectivity index (χ2v) is 5.88. The number of hydrogen-bond acceptors (Lipinski definition) is 7. The molecular weight excluding hydrogens is 308 g/mol. The summed E-state index contributed by atoms with van der Waals surface area (Å²) >= 11 is 0.986. The zero-order valence-electron chi connectivity index (χ0n) is 12.0. The molecule has 8 heteroatoms. The van der Waals surface area contributed by atoms with Crippen LogP contribution in [-0.2, 0) is 14.3 Å². The topological polar surface area (TPSA) is 99.6 Å². The second kappa shape index (κ2) is 7.37. The number of carbonyl (C=O) groups excluding carboxylic acids is 3. The minimum atomic E-state index is -1.36. The standard InChI is InChI=1S/C14H16N2O5S/c1-21-7-3-6-16-11(17)8-10(13(16)18)22-12-9(14(19)20)4-2-5-15-12/h2,4-5,10H,3,6-8H2,1H3,(H,19,20)/p-1/t10-/m0/s1. The molecule has 7 nitrogen and oxygen atoms in total. The number of amides is 2. The third-order valence-electron chi connectivity index (χ3n) is 3.18. The van der Waals surface area contributed by atoms with E-state index in [0.717, 1.165) is 11.8 Å². The fraction of sp³-hybridized carbons (Fsp3) is 0.429. The molecule has 0 unspecified atom stereocenters. The molecule has 2 rings (SSSR count). The number of likely N-dealkylation sites (tertiary alicyclic amines) is 1. The summed E-state index contributed by atoms with van der Waals surface area (Å²) in [6.07, 6.45) is 2.05. The molecule has 0 spiro atoms. The molecule has 1 fully saturated rings.